The Bertz CT molecular complexity index is 1030. The highest BCUT2D eigenvalue weighted by atomic mass is 16.7. The molecule has 0 aliphatic rings. The second-order valence-electron chi connectivity index (χ2n) is 6.78. The van der Waals surface area contributed by atoms with E-state index in [1.807, 2.05) is 19.1 Å². The van der Waals surface area contributed by atoms with Crippen molar-refractivity contribution in [3.63, 3.8) is 0 Å². The first kappa shape index (κ1) is 20.9. The monoisotopic (exact) mass is 402 g/mol. The van der Waals surface area contributed by atoms with E-state index in [4.69, 9.17) is 14.2 Å². The molecular weight excluding hydrogens is 380 g/mol. The van der Waals surface area contributed by atoms with Crippen molar-refractivity contribution in [1.29, 1.82) is 0 Å². The fourth-order valence-corrected chi connectivity index (χ4v) is 2.59. The number of carbonyl (C=O) groups is 2. The minimum atomic E-state index is -0.524. The van der Waals surface area contributed by atoms with Crippen LogP contribution in [-0.4, -0.2) is 18.7 Å². The molecule has 0 atom stereocenters. The molecule has 0 N–H and O–H groups in total. The predicted molar refractivity (Wildman–Crippen MR) is 114 cm³/mol. The first-order valence-electron chi connectivity index (χ1n) is 9.37. The van der Waals surface area contributed by atoms with Crippen LogP contribution < -0.4 is 9.47 Å². The molecular formula is C25H22O5. The van der Waals surface area contributed by atoms with E-state index in [9.17, 15) is 9.59 Å². The normalized spacial score (nSPS) is 10.2. The highest BCUT2D eigenvalue weighted by Crippen LogP contribution is 2.23. The van der Waals surface area contributed by atoms with Crippen LogP contribution in [-0.2, 0) is 9.53 Å². The van der Waals surface area contributed by atoms with Gasteiger partial charge in [-0.15, -0.1) is 0 Å². The summed E-state index contributed by atoms with van der Waals surface area (Å²) in [5.74, 6) is -0.0756. The Morgan fingerprint density at radius 3 is 1.90 bits per heavy atom. The van der Waals surface area contributed by atoms with Gasteiger partial charge < -0.3 is 14.2 Å². The summed E-state index contributed by atoms with van der Waals surface area (Å²) in [5, 5.41) is 0. The number of rotatable bonds is 7. The van der Waals surface area contributed by atoms with E-state index < -0.39 is 11.9 Å². The van der Waals surface area contributed by atoms with Gasteiger partial charge in [-0.05, 0) is 61.4 Å². The van der Waals surface area contributed by atoms with Crippen molar-refractivity contribution in [2.24, 2.45) is 0 Å². The molecule has 0 fully saturated rings. The van der Waals surface area contributed by atoms with E-state index in [2.05, 4.69) is 30.8 Å². The van der Waals surface area contributed by atoms with Crippen molar-refractivity contribution in [3.05, 3.63) is 96.1 Å². The quantitative estimate of drug-likeness (QED) is 0.231. The average molecular weight is 402 g/mol. The van der Waals surface area contributed by atoms with Gasteiger partial charge in [0.1, 0.15) is 11.5 Å². The van der Waals surface area contributed by atoms with Gasteiger partial charge in [0.2, 0.25) is 6.79 Å². The van der Waals surface area contributed by atoms with Crippen molar-refractivity contribution in [2.75, 3.05) is 6.79 Å². The highest BCUT2D eigenvalue weighted by molar-refractivity contribution is 5.91. The number of benzene rings is 3. The Hall–Kier alpha value is -3.86. The molecule has 0 amide bonds. The summed E-state index contributed by atoms with van der Waals surface area (Å²) in [6.45, 7) is 6.85. The molecule has 0 aliphatic carbocycles. The molecule has 152 valence electrons. The molecule has 0 aliphatic heterocycles. The summed E-state index contributed by atoms with van der Waals surface area (Å²) < 4.78 is 15.6. The van der Waals surface area contributed by atoms with Gasteiger partial charge >= 0.3 is 11.9 Å². The van der Waals surface area contributed by atoms with Gasteiger partial charge in [0.05, 0.1) is 5.56 Å². The number of esters is 2. The van der Waals surface area contributed by atoms with E-state index in [0.29, 0.717) is 22.6 Å². The average Bonchev–Trinajstić information content (AvgIpc) is 2.75. The predicted octanol–water partition coefficient (Wildman–Crippen LogP) is 5.34. The van der Waals surface area contributed by atoms with Gasteiger partial charge in [-0.25, -0.2) is 9.59 Å². The Morgan fingerprint density at radius 2 is 1.33 bits per heavy atom. The van der Waals surface area contributed by atoms with Gasteiger partial charge in [-0.3, -0.25) is 0 Å². The molecule has 0 radical (unpaired) electrons. The maximum atomic E-state index is 12.4. The van der Waals surface area contributed by atoms with Crippen molar-refractivity contribution in [2.45, 2.75) is 13.8 Å². The molecule has 3 aromatic carbocycles. The highest BCUT2D eigenvalue weighted by Gasteiger charge is 2.10. The summed E-state index contributed by atoms with van der Waals surface area (Å²) in [4.78, 5) is 23.7. The number of ether oxygens (including phenoxy) is 3. The van der Waals surface area contributed by atoms with Gasteiger partial charge in [0.25, 0.3) is 0 Å². The Kier molecular flexibility index (Phi) is 6.65. The molecule has 5 heteroatoms. The van der Waals surface area contributed by atoms with E-state index in [0.717, 1.165) is 11.1 Å². The summed E-state index contributed by atoms with van der Waals surface area (Å²) in [6.07, 6.45) is 0. The summed E-state index contributed by atoms with van der Waals surface area (Å²) in [7, 11) is 0. The third-order valence-corrected chi connectivity index (χ3v) is 4.30. The minimum Gasteiger partial charge on any atom is -0.457 e. The Labute approximate surface area is 175 Å². The number of aryl methyl sites for hydroxylation is 1. The zero-order chi connectivity index (χ0) is 21.5. The van der Waals surface area contributed by atoms with Crippen LogP contribution in [0.15, 0.2) is 84.9 Å². The molecule has 0 saturated carbocycles. The maximum Gasteiger partial charge on any atom is 0.343 e. The van der Waals surface area contributed by atoms with E-state index in [1.54, 1.807) is 43.3 Å². The SMILES string of the molecule is C=C(C)C(=O)OCOc1ccc(C(=O)Oc2ccc(-c3ccc(C)cc3)cc2)cc1. The molecule has 0 bridgehead atoms. The van der Waals surface area contributed by atoms with Crippen LogP contribution in [0.25, 0.3) is 11.1 Å². The Morgan fingerprint density at radius 1 is 0.800 bits per heavy atom. The lowest BCUT2D eigenvalue weighted by Crippen LogP contribution is -2.11. The second kappa shape index (κ2) is 9.56. The van der Waals surface area contributed by atoms with Crippen molar-refractivity contribution in [3.8, 4) is 22.6 Å². The largest absolute Gasteiger partial charge is 0.457 e. The van der Waals surface area contributed by atoms with Crippen molar-refractivity contribution < 1.29 is 23.8 Å². The molecule has 3 rings (SSSR count). The van der Waals surface area contributed by atoms with E-state index in [1.165, 1.54) is 5.56 Å². The van der Waals surface area contributed by atoms with E-state index in [-0.39, 0.29) is 6.79 Å². The lowest BCUT2D eigenvalue weighted by molar-refractivity contribution is -0.145. The van der Waals surface area contributed by atoms with Gasteiger partial charge in [-0.2, -0.15) is 0 Å². The van der Waals surface area contributed by atoms with Crippen LogP contribution in [0.1, 0.15) is 22.8 Å². The first-order valence-corrected chi connectivity index (χ1v) is 9.37. The molecule has 0 spiro atoms. The number of hydrogen-bond donors (Lipinski definition) is 0. The van der Waals surface area contributed by atoms with Crippen LogP contribution in [0, 0.1) is 6.92 Å². The standard InChI is InChI=1S/C25H22O5/c1-17(2)24(26)29-16-28-22-12-10-21(11-13-22)25(27)30-23-14-8-20(9-15-23)19-6-4-18(3)5-7-19/h4-15H,1,16H2,2-3H3. The molecule has 3 aromatic rings. The summed E-state index contributed by atoms with van der Waals surface area (Å²) >= 11 is 0. The molecule has 5 nitrogen and oxygen atoms in total. The third kappa shape index (κ3) is 5.58. The molecule has 0 aromatic heterocycles. The van der Waals surface area contributed by atoms with Gasteiger partial charge in [0, 0.05) is 5.57 Å². The second-order valence-corrected chi connectivity index (χ2v) is 6.78. The summed E-state index contributed by atoms with van der Waals surface area (Å²) in [6, 6.07) is 21.9. The third-order valence-electron chi connectivity index (χ3n) is 4.30. The zero-order valence-electron chi connectivity index (χ0n) is 16.9. The smallest absolute Gasteiger partial charge is 0.343 e. The number of carbonyl (C=O) groups excluding carboxylic acids is 2. The van der Waals surface area contributed by atoms with Gasteiger partial charge in [0.15, 0.2) is 0 Å². The maximum absolute atomic E-state index is 12.4. The molecule has 30 heavy (non-hydrogen) atoms. The zero-order valence-corrected chi connectivity index (χ0v) is 16.9. The van der Waals surface area contributed by atoms with Crippen molar-refractivity contribution in [1.82, 2.24) is 0 Å². The van der Waals surface area contributed by atoms with Crippen LogP contribution in [0.5, 0.6) is 11.5 Å². The van der Waals surface area contributed by atoms with Gasteiger partial charge in [-0.1, -0.05) is 48.5 Å². The summed E-state index contributed by atoms with van der Waals surface area (Å²) in [5.41, 5.74) is 4.02. The fourth-order valence-electron chi connectivity index (χ4n) is 2.59. The first-order chi connectivity index (χ1) is 14.4. The van der Waals surface area contributed by atoms with Crippen LogP contribution >= 0.6 is 0 Å². The topological polar surface area (TPSA) is 61.8 Å². The van der Waals surface area contributed by atoms with Crippen LogP contribution in [0.2, 0.25) is 0 Å². The van der Waals surface area contributed by atoms with Crippen LogP contribution in [0.4, 0.5) is 0 Å². The van der Waals surface area contributed by atoms with E-state index >= 15 is 0 Å². The fraction of sp³-hybridized carbons (Fsp3) is 0.120. The minimum absolute atomic E-state index is 0.233. The number of hydrogen-bond acceptors (Lipinski definition) is 5. The molecule has 0 unspecified atom stereocenters. The lowest BCUT2D eigenvalue weighted by Gasteiger charge is -2.09. The van der Waals surface area contributed by atoms with Crippen LogP contribution in [0.3, 0.4) is 0 Å². The lowest BCUT2D eigenvalue weighted by atomic mass is 10.0. The molecule has 0 saturated heterocycles. The Balaban J connectivity index is 1.56. The molecule has 0 heterocycles. The van der Waals surface area contributed by atoms with Crippen molar-refractivity contribution >= 4 is 11.9 Å².